The molecule has 1 heterocycles. The molecular formula is C12H14ClN3O. The van der Waals surface area contributed by atoms with Crippen molar-refractivity contribution < 1.29 is 5.11 Å². The van der Waals surface area contributed by atoms with Crippen LogP contribution in [0.1, 0.15) is 11.4 Å². The molecule has 2 aromatic rings. The van der Waals surface area contributed by atoms with Gasteiger partial charge in [-0.1, -0.05) is 17.7 Å². The van der Waals surface area contributed by atoms with E-state index < -0.39 is 0 Å². The minimum absolute atomic E-state index is 0.225. The van der Waals surface area contributed by atoms with E-state index in [1.54, 1.807) is 30.6 Å². The highest BCUT2D eigenvalue weighted by Crippen LogP contribution is 2.24. The van der Waals surface area contributed by atoms with Gasteiger partial charge in [-0.05, 0) is 12.1 Å². The quantitative estimate of drug-likeness (QED) is 0.714. The van der Waals surface area contributed by atoms with Crippen LogP contribution in [0.25, 0.3) is 0 Å². The highest BCUT2D eigenvalue weighted by atomic mass is 35.5. The Hall–Kier alpha value is -1.52. The van der Waals surface area contributed by atoms with E-state index in [4.69, 9.17) is 11.6 Å². The first-order chi connectivity index (χ1) is 8.27. The first-order valence-corrected chi connectivity index (χ1v) is 5.80. The molecule has 0 aliphatic carbocycles. The number of aromatic nitrogens is 2. The number of hydrogen-bond donors (Lipinski definition) is 3. The average Bonchev–Trinajstić information content (AvgIpc) is 2.80. The maximum Gasteiger partial charge on any atom is 0.121 e. The SMILES string of the molecule is Oc1cccc(Cl)c1CNCCc1ncc[nH]1. The zero-order valence-electron chi connectivity index (χ0n) is 9.28. The molecule has 0 unspecified atom stereocenters. The summed E-state index contributed by atoms with van der Waals surface area (Å²) in [6, 6.07) is 5.13. The van der Waals surface area contributed by atoms with Gasteiger partial charge in [-0.3, -0.25) is 0 Å². The van der Waals surface area contributed by atoms with E-state index in [0.29, 0.717) is 11.6 Å². The van der Waals surface area contributed by atoms with Crippen LogP contribution in [0.3, 0.4) is 0 Å². The molecule has 0 spiro atoms. The summed E-state index contributed by atoms with van der Waals surface area (Å²) in [7, 11) is 0. The first kappa shape index (κ1) is 12.0. The average molecular weight is 252 g/mol. The lowest BCUT2D eigenvalue weighted by atomic mass is 10.2. The topological polar surface area (TPSA) is 60.9 Å². The molecule has 0 bridgehead atoms. The lowest BCUT2D eigenvalue weighted by Gasteiger charge is -2.07. The van der Waals surface area contributed by atoms with E-state index in [9.17, 15) is 5.11 Å². The van der Waals surface area contributed by atoms with Gasteiger partial charge < -0.3 is 15.4 Å². The van der Waals surface area contributed by atoms with Gasteiger partial charge in [0.2, 0.25) is 0 Å². The third kappa shape index (κ3) is 3.22. The Balaban J connectivity index is 1.82. The summed E-state index contributed by atoms with van der Waals surface area (Å²) < 4.78 is 0. The Labute approximate surface area is 105 Å². The van der Waals surface area contributed by atoms with Gasteiger partial charge in [0.1, 0.15) is 11.6 Å². The number of hydrogen-bond acceptors (Lipinski definition) is 3. The van der Waals surface area contributed by atoms with Crippen LogP contribution in [0.15, 0.2) is 30.6 Å². The maximum absolute atomic E-state index is 9.63. The smallest absolute Gasteiger partial charge is 0.121 e. The van der Waals surface area contributed by atoms with Gasteiger partial charge in [-0.15, -0.1) is 0 Å². The van der Waals surface area contributed by atoms with Gasteiger partial charge >= 0.3 is 0 Å². The summed E-state index contributed by atoms with van der Waals surface area (Å²) in [5.74, 6) is 1.17. The second-order valence-corrected chi connectivity index (χ2v) is 4.11. The monoisotopic (exact) mass is 251 g/mol. The molecule has 0 saturated carbocycles. The Morgan fingerprint density at radius 2 is 2.29 bits per heavy atom. The molecule has 0 aliphatic rings. The van der Waals surface area contributed by atoms with Crippen molar-refractivity contribution in [1.82, 2.24) is 15.3 Å². The molecule has 0 radical (unpaired) electrons. The summed E-state index contributed by atoms with van der Waals surface area (Å²) in [6.07, 6.45) is 4.35. The molecule has 0 aliphatic heterocycles. The fraction of sp³-hybridized carbons (Fsp3) is 0.250. The normalized spacial score (nSPS) is 10.6. The zero-order valence-corrected chi connectivity index (χ0v) is 10.0. The molecule has 0 saturated heterocycles. The standard InChI is InChI=1S/C12H14ClN3O/c13-10-2-1-3-11(17)9(10)8-14-5-4-12-15-6-7-16-12/h1-3,6-7,14,17H,4-5,8H2,(H,15,16). The summed E-state index contributed by atoms with van der Waals surface area (Å²) in [5, 5.41) is 13.4. The molecule has 1 aromatic heterocycles. The summed E-state index contributed by atoms with van der Waals surface area (Å²) >= 11 is 5.99. The van der Waals surface area contributed by atoms with Crippen molar-refractivity contribution in [1.29, 1.82) is 0 Å². The van der Waals surface area contributed by atoms with E-state index >= 15 is 0 Å². The highest BCUT2D eigenvalue weighted by Gasteiger charge is 2.05. The molecule has 3 N–H and O–H groups in total. The van der Waals surface area contributed by atoms with E-state index in [1.165, 1.54) is 0 Å². The van der Waals surface area contributed by atoms with Crippen LogP contribution in [0.2, 0.25) is 5.02 Å². The molecule has 4 nitrogen and oxygen atoms in total. The fourth-order valence-corrected chi connectivity index (χ4v) is 1.81. The number of nitrogens with one attached hydrogen (secondary N) is 2. The number of phenols is 1. The van der Waals surface area contributed by atoms with Crippen molar-refractivity contribution in [3.8, 4) is 5.75 Å². The lowest BCUT2D eigenvalue weighted by molar-refractivity contribution is 0.464. The van der Waals surface area contributed by atoms with E-state index in [2.05, 4.69) is 15.3 Å². The van der Waals surface area contributed by atoms with Crippen molar-refractivity contribution in [3.05, 3.63) is 47.0 Å². The molecule has 1 aromatic carbocycles. The van der Waals surface area contributed by atoms with Gasteiger partial charge in [0.25, 0.3) is 0 Å². The molecule has 0 amide bonds. The van der Waals surface area contributed by atoms with Gasteiger partial charge in [0, 0.05) is 42.5 Å². The number of phenolic OH excluding ortho intramolecular Hbond substituents is 1. The second-order valence-electron chi connectivity index (χ2n) is 3.70. The Kier molecular flexibility index (Phi) is 4.01. The van der Waals surface area contributed by atoms with Crippen LogP contribution in [-0.2, 0) is 13.0 Å². The molecule has 2 rings (SSSR count). The number of nitrogens with zero attached hydrogens (tertiary/aromatic N) is 1. The van der Waals surface area contributed by atoms with Crippen LogP contribution < -0.4 is 5.32 Å². The number of halogens is 1. The van der Waals surface area contributed by atoms with Crippen molar-refractivity contribution in [2.45, 2.75) is 13.0 Å². The minimum atomic E-state index is 0.225. The number of aromatic hydroxyl groups is 1. The van der Waals surface area contributed by atoms with Gasteiger partial charge in [0.05, 0.1) is 0 Å². The third-order valence-corrected chi connectivity index (χ3v) is 2.84. The Morgan fingerprint density at radius 1 is 1.41 bits per heavy atom. The minimum Gasteiger partial charge on any atom is -0.508 e. The molecule has 90 valence electrons. The Bertz CT molecular complexity index is 450. The van der Waals surface area contributed by atoms with Gasteiger partial charge in [-0.25, -0.2) is 4.98 Å². The maximum atomic E-state index is 9.63. The third-order valence-electron chi connectivity index (χ3n) is 2.49. The van der Waals surface area contributed by atoms with Gasteiger partial charge in [0.15, 0.2) is 0 Å². The van der Waals surface area contributed by atoms with Crippen LogP contribution in [-0.4, -0.2) is 21.6 Å². The predicted molar refractivity (Wildman–Crippen MR) is 67.1 cm³/mol. The Morgan fingerprint density at radius 3 is 3.00 bits per heavy atom. The largest absolute Gasteiger partial charge is 0.508 e. The second kappa shape index (κ2) is 5.70. The van der Waals surface area contributed by atoms with Gasteiger partial charge in [-0.2, -0.15) is 0 Å². The predicted octanol–water partition coefficient (Wildman–Crippen LogP) is 2.10. The van der Waals surface area contributed by atoms with Crippen LogP contribution in [0.4, 0.5) is 0 Å². The van der Waals surface area contributed by atoms with Crippen molar-refractivity contribution in [3.63, 3.8) is 0 Å². The van der Waals surface area contributed by atoms with Crippen LogP contribution >= 0.6 is 11.6 Å². The number of rotatable bonds is 5. The number of benzene rings is 1. The van der Waals surface area contributed by atoms with E-state index in [1.807, 2.05) is 0 Å². The van der Waals surface area contributed by atoms with Crippen molar-refractivity contribution in [2.75, 3.05) is 6.54 Å². The first-order valence-electron chi connectivity index (χ1n) is 5.42. The molecule has 0 atom stereocenters. The number of aromatic amines is 1. The van der Waals surface area contributed by atoms with Crippen LogP contribution in [0, 0.1) is 0 Å². The molecular weight excluding hydrogens is 238 g/mol. The van der Waals surface area contributed by atoms with Crippen molar-refractivity contribution >= 4 is 11.6 Å². The zero-order chi connectivity index (χ0) is 12.1. The molecule has 0 fully saturated rings. The summed E-state index contributed by atoms with van der Waals surface area (Å²) in [5.41, 5.74) is 0.730. The number of imidazole rings is 1. The van der Waals surface area contributed by atoms with Crippen molar-refractivity contribution in [2.24, 2.45) is 0 Å². The summed E-state index contributed by atoms with van der Waals surface area (Å²) in [4.78, 5) is 7.16. The summed E-state index contributed by atoms with van der Waals surface area (Å²) in [6.45, 7) is 1.32. The fourth-order valence-electron chi connectivity index (χ4n) is 1.58. The lowest BCUT2D eigenvalue weighted by Crippen LogP contribution is -2.17. The van der Waals surface area contributed by atoms with E-state index in [-0.39, 0.29) is 5.75 Å². The molecule has 17 heavy (non-hydrogen) atoms. The van der Waals surface area contributed by atoms with E-state index in [0.717, 1.165) is 24.4 Å². The van der Waals surface area contributed by atoms with Crippen LogP contribution in [0.5, 0.6) is 5.75 Å². The highest BCUT2D eigenvalue weighted by molar-refractivity contribution is 6.31. The molecule has 5 heteroatoms. The number of H-pyrrole nitrogens is 1.